The zero-order valence-corrected chi connectivity index (χ0v) is 10.9. The molecule has 0 aromatic carbocycles. The van der Waals surface area contributed by atoms with Gasteiger partial charge in [0.25, 0.3) is 0 Å². The number of Topliss-reactive ketones (excluding diaryl/α,β-unsaturated/α-hetero) is 1. The van der Waals surface area contributed by atoms with Crippen molar-refractivity contribution in [1.82, 2.24) is 0 Å². The Hall–Kier alpha value is -0.630. The van der Waals surface area contributed by atoms with Gasteiger partial charge >= 0.3 is 0 Å². The van der Waals surface area contributed by atoms with Crippen LogP contribution in [0, 0.1) is 5.92 Å². The van der Waals surface area contributed by atoms with Gasteiger partial charge < -0.3 is 4.74 Å². The van der Waals surface area contributed by atoms with Gasteiger partial charge in [0.2, 0.25) is 0 Å². The van der Waals surface area contributed by atoms with E-state index in [1.807, 2.05) is 6.92 Å². The highest BCUT2D eigenvalue weighted by Crippen LogP contribution is 2.36. The van der Waals surface area contributed by atoms with Crippen molar-refractivity contribution in [1.29, 1.82) is 0 Å². The van der Waals surface area contributed by atoms with Crippen LogP contribution >= 0.6 is 0 Å². The normalized spacial score (nSPS) is 23.5. The minimum atomic E-state index is -0.134. The molecule has 2 nitrogen and oxygen atoms in total. The monoisotopic (exact) mass is 236 g/mol. The second kappa shape index (κ2) is 6.34. The fraction of sp³-hybridized carbons (Fsp3) is 0.800. The lowest BCUT2D eigenvalue weighted by atomic mass is 9.93. The molecule has 1 fully saturated rings. The third-order valence-electron chi connectivity index (χ3n) is 3.76. The number of allylic oxidation sites excluding steroid dienone is 1. The minimum absolute atomic E-state index is 0.134. The number of hydrogen-bond donors (Lipinski definition) is 0. The fourth-order valence-electron chi connectivity index (χ4n) is 2.60. The number of carbonyl (C=O) groups excluding carboxylic acids is 1. The third-order valence-corrected chi connectivity index (χ3v) is 3.76. The van der Waals surface area contributed by atoms with Crippen molar-refractivity contribution in [2.45, 2.75) is 64.4 Å². The smallest absolute Gasteiger partial charge is 0.187 e. The molecule has 0 spiro atoms. The second-order valence-corrected chi connectivity index (χ2v) is 5.26. The van der Waals surface area contributed by atoms with E-state index in [9.17, 15) is 4.79 Å². The molecular formula is C15H24O2. The van der Waals surface area contributed by atoms with Gasteiger partial charge in [-0.05, 0) is 56.9 Å². The maximum atomic E-state index is 12.4. The molecule has 17 heavy (non-hydrogen) atoms. The molecule has 0 bridgehead atoms. The van der Waals surface area contributed by atoms with E-state index in [1.54, 1.807) is 0 Å². The van der Waals surface area contributed by atoms with Gasteiger partial charge in [-0.3, -0.25) is 4.79 Å². The molecule has 0 radical (unpaired) electrons. The molecule has 2 rings (SSSR count). The number of hydrogen-bond acceptors (Lipinski definition) is 2. The molecule has 0 aliphatic heterocycles. The van der Waals surface area contributed by atoms with Crippen molar-refractivity contribution in [3.05, 3.63) is 11.6 Å². The average Bonchev–Trinajstić information content (AvgIpc) is 3.08. The van der Waals surface area contributed by atoms with Crippen molar-refractivity contribution in [2.24, 2.45) is 5.92 Å². The van der Waals surface area contributed by atoms with Crippen LogP contribution in [0.1, 0.15) is 58.3 Å². The number of carbonyl (C=O) groups is 1. The van der Waals surface area contributed by atoms with Crippen molar-refractivity contribution in [3.8, 4) is 0 Å². The molecule has 2 heteroatoms. The maximum Gasteiger partial charge on any atom is 0.187 e. The molecule has 1 saturated carbocycles. The summed E-state index contributed by atoms with van der Waals surface area (Å²) in [7, 11) is 0. The molecule has 0 aromatic heterocycles. The number of ketones is 1. The highest BCUT2D eigenvalue weighted by Gasteiger charge is 2.37. The zero-order valence-electron chi connectivity index (χ0n) is 10.9. The van der Waals surface area contributed by atoms with Gasteiger partial charge in [0.15, 0.2) is 5.78 Å². The van der Waals surface area contributed by atoms with Crippen LogP contribution in [0.25, 0.3) is 0 Å². The summed E-state index contributed by atoms with van der Waals surface area (Å²) in [5.74, 6) is 0.796. The first kappa shape index (κ1) is 12.8. The number of rotatable bonds is 5. The summed E-state index contributed by atoms with van der Waals surface area (Å²) in [5, 5.41) is 0. The Morgan fingerprint density at radius 2 is 2.12 bits per heavy atom. The quantitative estimate of drug-likeness (QED) is 0.728. The molecule has 0 heterocycles. The van der Waals surface area contributed by atoms with E-state index in [0.29, 0.717) is 12.5 Å². The topological polar surface area (TPSA) is 26.3 Å². The van der Waals surface area contributed by atoms with Crippen molar-refractivity contribution < 1.29 is 9.53 Å². The van der Waals surface area contributed by atoms with E-state index >= 15 is 0 Å². The largest absolute Gasteiger partial charge is 0.370 e. The maximum absolute atomic E-state index is 12.4. The summed E-state index contributed by atoms with van der Waals surface area (Å²) >= 11 is 0. The second-order valence-electron chi connectivity index (χ2n) is 5.26. The lowest BCUT2D eigenvalue weighted by Gasteiger charge is -2.18. The van der Waals surface area contributed by atoms with Gasteiger partial charge in [-0.25, -0.2) is 0 Å². The van der Waals surface area contributed by atoms with Crippen LogP contribution in [0.4, 0.5) is 0 Å². The van der Waals surface area contributed by atoms with Gasteiger partial charge in [0.05, 0.1) is 0 Å². The van der Waals surface area contributed by atoms with Crippen LogP contribution < -0.4 is 0 Å². The summed E-state index contributed by atoms with van der Waals surface area (Å²) in [6, 6.07) is 0. The molecule has 1 atom stereocenters. The molecule has 2 aliphatic carbocycles. The van der Waals surface area contributed by atoms with Crippen LogP contribution in [-0.2, 0) is 9.53 Å². The van der Waals surface area contributed by atoms with Gasteiger partial charge in [-0.15, -0.1) is 0 Å². The lowest BCUT2D eigenvalue weighted by molar-refractivity contribution is -0.127. The fourth-order valence-corrected chi connectivity index (χ4v) is 2.60. The number of ether oxygens (including phenoxy) is 1. The van der Waals surface area contributed by atoms with Crippen LogP contribution in [0.15, 0.2) is 11.6 Å². The minimum Gasteiger partial charge on any atom is -0.370 e. The summed E-state index contributed by atoms with van der Waals surface area (Å²) in [6.07, 6.45) is 11.4. The Kier molecular flexibility index (Phi) is 4.78. The van der Waals surface area contributed by atoms with Crippen LogP contribution in [-0.4, -0.2) is 18.5 Å². The Morgan fingerprint density at radius 1 is 1.35 bits per heavy atom. The Morgan fingerprint density at radius 3 is 2.82 bits per heavy atom. The molecule has 0 aromatic rings. The molecule has 96 valence electrons. The summed E-state index contributed by atoms with van der Waals surface area (Å²) in [4.78, 5) is 12.4. The first-order valence-electron chi connectivity index (χ1n) is 7.17. The lowest BCUT2D eigenvalue weighted by Crippen LogP contribution is -2.28. The Labute approximate surface area is 104 Å². The SMILES string of the molecule is CCOC(C(=O)C1=CCCCCCC1)C1CC1. The highest BCUT2D eigenvalue weighted by molar-refractivity contribution is 5.99. The highest BCUT2D eigenvalue weighted by atomic mass is 16.5. The van der Waals surface area contributed by atoms with Crippen molar-refractivity contribution >= 4 is 5.78 Å². The summed E-state index contributed by atoms with van der Waals surface area (Å²) < 4.78 is 5.66. The van der Waals surface area contributed by atoms with Gasteiger partial charge in [-0.1, -0.05) is 18.9 Å². The standard InChI is InChI=1S/C15H24O2/c1-2-17-15(13-10-11-13)14(16)12-8-6-4-3-5-7-9-12/h8,13,15H,2-7,9-11H2,1H3. The molecule has 0 saturated heterocycles. The van der Waals surface area contributed by atoms with E-state index in [2.05, 4.69) is 6.08 Å². The molecule has 0 amide bonds. The van der Waals surface area contributed by atoms with Gasteiger partial charge in [0.1, 0.15) is 6.10 Å². The third kappa shape index (κ3) is 3.67. The average molecular weight is 236 g/mol. The Balaban J connectivity index is 1.99. The van der Waals surface area contributed by atoms with Crippen molar-refractivity contribution in [2.75, 3.05) is 6.61 Å². The predicted octanol–water partition coefficient (Wildman–Crippen LogP) is 3.65. The molecule has 0 N–H and O–H groups in total. The van der Waals surface area contributed by atoms with E-state index in [1.165, 1.54) is 38.5 Å². The van der Waals surface area contributed by atoms with Gasteiger partial charge in [-0.2, -0.15) is 0 Å². The molecule has 2 aliphatic rings. The van der Waals surface area contributed by atoms with Crippen molar-refractivity contribution in [3.63, 3.8) is 0 Å². The van der Waals surface area contributed by atoms with Crippen LogP contribution in [0.3, 0.4) is 0 Å². The molecular weight excluding hydrogens is 212 g/mol. The molecule has 1 unspecified atom stereocenters. The Bertz CT molecular complexity index is 289. The van der Waals surface area contributed by atoms with Crippen LogP contribution in [0.5, 0.6) is 0 Å². The van der Waals surface area contributed by atoms with Gasteiger partial charge in [0, 0.05) is 6.61 Å². The summed E-state index contributed by atoms with van der Waals surface area (Å²) in [6.45, 7) is 2.63. The zero-order chi connectivity index (χ0) is 12.1. The first-order valence-corrected chi connectivity index (χ1v) is 7.17. The van der Waals surface area contributed by atoms with E-state index in [4.69, 9.17) is 4.74 Å². The first-order chi connectivity index (χ1) is 8.33. The summed E-state index contributed by atoms with van der Waals surface area (Å²) in [5.41, 5.74) is 1.05. The van der Waals surface area contributed by atoms with E-state index in [0.717, 1.165) is 18.4 Å². The predicted molar refractivity (Wildman–Crippen MR) is 68.9 cm³/mol. The van der Waals surface area contributed by atoms with E-state index in [-0.39, 0.29) is 11.9 Å². The van der Waals surface area contributed by atoms with Crippen LogP contribution in [0.2, 0.25) is 0 Å². The van der Waals surface area contributed by atoms with E-state index < -0.39 is 0 Å².